The molecular formula is C6H6N2O. The van der Waals surface area contributed by atoms with E-state index in [2.05, 4.69) is 11.6 Å². The number of oxazole rings is 1. The summed E-state index contributed by atoms with van der Waals surface area (Å²) in [7, 11) is 0. The van der Waals surface area contributed by atoms with Crippen LogP contribution in [-0.4, -0.2) is 11.2 Å². The van der Waals surface area contributed by atoms with Gasteiger partial charge in [0, 0.05) is 0 Å². The molecule has 0 spiro atoms. The molecule has 0 saturated carbocycles. The van der Waals surface area contributed by atoms with Gasteiger partial charge in [0.25, 0.3) is 0 Å². The molecule has 0 atom stereocenters. The SMILES string of the molecule is C=Cc1ncoc1C=N. The van der Waals surface area contributed by atoms with Gasteiger partial charge < -0.3 is 9.83 Å². The van der Waals surface area contributed by atoms with Gasteiger partial charge in [-0.15, -0.1) is 0 Å². The lowest BCUT2D eigenvalue weighted by molar-refractivity contribution is 0.550. The van der Waals surface area contributed by atoms with Gasteiger partial charge in [-0.05, 0) is 6.08 Å². The number of hydrogen-bond donors (Lipinski definition) is 1. The van der Waals surface area contributed by atoms with Crippen molar-refractivity contribution in [1.29, 1.82) is 5.41 Å². The van der Waals surface area contributed by atoms with E-state index in [9.17, 15) is 0 Å². The van der Waals surface area contributed by atoms with E-state index in [-0.39, 0.29) is 0 Å². The summed E-state index contributed by atoms with van der Waals surface area (Å²) in [5.41, 5.74) is 0.616. The molecule has 1 aromatic rings. The molecule has 0 radical (unpaired) electrons. The minimum Gasteiger partial charge on any atom is -0.442 e. The van der Waals surface area contributed by atoms with Crippen LogP contribution in [0, 0.1) is 5.41 Å². The first-order valence-electron chi connectivity index (χ1n) is 2.45. The van der Waals surface area contributed by atoms with Gasteiger partial charge in [-0.25, -0.2) is 4.98 Å². The summed E-state index contributed by atoms with van der Waals surface area (Å²) in [5.74, 6) is 0.449. The molecule has 0 amide bonds. The lowest BCUT2D eigenvalue weighted by Crippen LogP contribution is -1.78. The number of rotatable bonds is 2. The molecule has 0 unspecified atom stereocenters. The van der Waals surface area contributed by atoms with Gasteiger partial charge in [-0.3, -0.25) is 0 Å². The molecule has 1 heterocycles. The fourth-order valence-electron chi connectivity index (χ4n) is 0.525. The van der Waals surface area contributed by atoms with Crippen LogP contribution in [0.4, 0.5) is 0 Å². The van der Waals surface area contributed by atoms with E-state index in [0.29, 0.717) is 11.5 Å². The predicted molar refractivity (Wildman–Crippen MR) is 34.5 cm³/mol. The Hall–Kier alpha value is -1.38. The quantitative estimate of drug-likeness (QED) is 0.601. The van der Waals surface area contributed by atoms with Gasteiger partial charge in [0.2, 0.25) is 0 Å². The molecule has 1 rings (SSSR count). The zero-order valence-corrected chi connectivity index (χ0v) is 4.79. The molecule has 0 aliphatic rings. The Balaban J connectivity index is 3.12. The molecule has 0 saturated heterocycles. The van der Waals surface area contributed by atoms with Crippen LogP contribution < -0.4 is 0 Å². The largest absolute Gasteiger partial charge is 0.442 e. The Labute approximate surface area is 52.5 Å². The van der Waals surface area contributed by atoms with Gasteiger partial charge in [-0.1, -0.05) is 6.58 Å². The molecule has 3 heteroatoms. The Morgan fingerprint density at radius 1 is 1.78 bits per heavy atom. The summed E-state index contributed by atoms with van der Waals surface area (Å²) >= 11 is 0. The van der Waals surface area contributed by atoms with Crippen LogP contribution in [-0.2, 0) is 0 Å². The van der Waals surface area contributed by atoms with Crippen LogP contribution in [0.15, 0.2) is 17.4 Å². The second-order valence-corrected chi connectivity index (χ2v) is 1.45. The van der Waals surface area contributed by atoms with E-state index in [1.165, 1.54) is 6.39 Å². The molecule has 0 fully saturated rings. The van der Waals surface area contributed by atoms with Gasteiger partial charge in [0.15, 0.2) is 12.2 Å². The average molecular weight is 122 g/mol. The van der Waals surface area contributed by atoms with Gasteiger partial charge in [0.1, 0.15) is 5.69 Å². The van der Waals surface area contributed by atoms with Crippen molar-refractivity contribution in [3.8, 4) is 0 Å². The van der Waals surface area contributed by atoms with Crippen molar-refractivity contribution < 1.29 is 4.42 Å². The summed E-state index contributed by atoms with van der Waals surface area (Å²) in [4.78, 5) is 3.77. The first-order chi connectivity index (χ1) is 4.38. The van der Waals surface area contributed by atoms with Crippen molar-refractivity contribution in [1.82, 2.24) is 4.98 Å². The third kappa shape index (κ3) is 0.887. The molecule has 1 N–H and O–H groups in total. The van der Waals surface area contributed by atoms with Crippen molar-refractivity contribution in [2.45, 2.75) is 0 Å². The van der Waals surface area contributed by atoms with Crippen molar-refractivity contribution in [3.05, 3.63) is 24.4 Å². The summed E-state index contributed by atoms with van der Waals surface area (Å²) < 4.78 is 4.78. The predicted octanol–water partition coefficient (Wildman–Crippen LogP) is 1.32. The molecule has 0 aliphatic heterocycles. The number of hydrogen-bond acceptors (Lipinski definition) is 3. The Bertz CT molecular complexity index is 204. The topological polar surface area (TPSA) is 49.9 Å². The Morgan fingerprint density at radius 2 is 2.56 bits per heavy atom. The molecule has 0 bridgehead atoms. The summed E-state index contributed by atoms with van der Waals surface area (Å²) in [6.07, 6.45) is 3.94. The fraction of sp³-hybridized carbons (Fsp3) is 0. The van der Waals surface area contributed by atoms with Crippen LogP contribution in [0.1, 0.15) is 11.5 Å². The van der Waals surface area contributed by atoms with Crippen molar-refractivity contribution in [2.75, 3.05) is 0 Å². The maximum atomic E-state index is 6.80. The smallest absolute Gasteiger partial charge is 0.182 e. The molecule has 1 aromatic heterocycles. The fourth-order valence-corrected chi connectivity index (χ4v) is 0.525. The van der Waals surface area contributed by atoms with Crippen molar-refractivity contribution >= 4 is 12.3 Å². The lowest BCUT2D eigenvalue weighted by atomic mass is 10.3. The maximum absolute atomic E-state index is 6.80. The van der Waals surface area contributed by atoms with E-state index < -0.39 is 0 Å². The Morgan fingerprint density at radius 3 is 3.00 bits per heavy atom. The van der Waals surface area contributed by atoms with E-state index in [4.69, 9.17) is 9.83 Å². The monoisotopic (exact) mass is 122 g/mol. The van der Waals surface area contributed by atoms with E-state index in [1.807, 2.05) is 0 Å². The third-order valence-corrected chi connectivity index (χ3v) is 0.948. The molecule has 9 heavy (non-hydrogen) atoms. The van der Waals surface area contributed by atoms with Crippen LogP contribution in [0.5, 0.6) is 0 Å². The second kappa shape index (κ2) is 2.26. The minimum absolute atomic E-state index is 0.449. The Kier molecular flexibility index (Phi) is 1.44. The first-order valence-corrected chi connectivity index (χ1v) is 2.45. The molecule has 0 aromatic carbocycles. The summed E-state index contributed by atoms with van der Waals surface area (Å²) in [5, 5.41) is 6.80. The van der Waals surface area contributed by atoms with E-state index in [1.54, 1.807) is 6.08 Å². The minimum atomic E-state index is 0.449. The van der Waals surface area contributed by atoms with Gasteiger partial charge in [-0.2, -0.15) is 0 Å². The lowest BCUT2D eigenvalue weighted by Gasteiger charge is -1.80. The van der Waals surface area contributed by atoms with Crippen molar-refractivity contribution in [3.63, 3.8) is 0 Å². The van der Waals surface area contributed by atoms with Crippen LogP contribution in [0.2, 0.25) is 0 Å². The highest BCUT2D eigenvalue weighted by molar-refractivity contribution is 5.77. The first kappa shape index (κ1) is 5.75. The summed E-state index contributed by atoms with van der Waals surface area (Å²) in [6, 6.07) is 0. The molecular weight excluding hydrogens is 116 g/mol. The standard InChI is InChI=1S/C6H6N2O/c1-2-5-6(3-7)9-4-8-5/h2-4,7H,1H2. The van der Waals surface area contributed by atoms with E-state index in [0.717, 1.165) is 6.21 Å². The zero-order chi connectivity index (χ0) is 6.69. The molecule has 0 aliphatic carbocycles. The van der Waals surface area contributed by atoms with E-state index >= 15 is 0 Å². The summed E-state index contributed by atoms with van der Waals surface area (Å²) in [6.45, 7) is 3.49. The molecule has 46 valence electrons. The van der Waals surface area contributed by atoms with Crippen LogP contribution in [0.3, 0.4) is 0 Å². The highest BCUT2D eigenvalue weighted by atomic mass is 16.3. The highest BCUT2D eigenvalue weighted by Crippen LogP contribution is 2.03. The number of aromatic nitrogens is 1. The molecule has 3 nitrogen and oxygen atoms in total. The number of nitrogens with one attached hydrogen (secondary N) is 1. The number of nitrogens with zero attached hydrogens (tertiary/aromatic N) is 1. The normalized spacial score (nSPS) is 8.89. The highest BCUT2D eigenvalue weighted by Gasteiger charge is 1.97. The second-order valence-electron chi connectivity index (χ2n) is 1.45. The average Bonchev–Trinajstić information content (AvgIpc) is 2.33. The van der Waals surface area contributed by atoms with Gasteiger partial charge >= 0.3 is 0 Å². The van der Waals surface area contributed by atoms with Gasteiger partial charge in [0.05, 0.1) is 6.21 Å². The third-order valence-electron chi connectivity index (χ3n) is 0.948. The maximum Gasteiger partial charge on any atom is 0.182 e. The van der Waals surface area contributed by atoms with Crippen LogP contribution in [0.25, 0.3) is 6.08 Å². The van der Waals surface area contributed by atoms with Crippen LogP contribution >= 0.6 is 0 Å². The van der Waals surface area contributed by atoms with Crippen molar-refractivity contribution in [2.24, 2.45) is 0 Å². The zero-order valence-electron chi connectivity index (χ0n) is 4.79.